The SMILES string of the molecule is CCCc1cc(N(C)C(C)(C)CBr)ncn1. The van der Waals surface area contributed by atoms with Crippen LogP contribution in [0.15, 0.2) is 12.4 Å². The molecule has 0 atom stereocenters. The van der Waals surface area contributed by atoms with Crippen LogP contribution >= 0.6 is 15.9 Å². The third kappa shape index (κ3) is 3.17. The number of hydrogen-bond donors (Lipinski definition) is 0. The zero-order valence-corrected chi connectivity index (χ0v) is 12.1. The standard InChI is InChI=1S/C12H20BrN3/c1-5-6-10-7-11(15-9-14-10)16(4)12(2,3)8-13/h7,9H,5-6,8H2,1-4H3. The van der Waals surface area contributed by atoms with Gasteiger partial charge in [-0.25, -0.2) is 9.97 Å². The summed E-state index contributed by atoms with van der Waals surface area (Å²) in [7, 11) is 2.07. The molecule has 0 saturated carbocycles. The van der Waals surface area contributed by atoms with Crippen molar-refractivity contribution in [1.82, 2.24) is 9.97 Å². The maximum atomic E-state index is 4.33. The predicted molar refractivity (Wildman–Crippen MR) is 72.3 cm³/mol. The molecule has 0 N–H and O–H groups in total. The number of aryl methyl sites for hydroxylation is 1. The van der Waals surface area contributed by atoms with Crippen LogP contribution in [0.25, 0.3) is 0 Å². The van der Waals surface area contributed by atoms with Gasteiger partial charge in [0.15, 0.2) is 0 Å². The lowest BCUT2D eigenvalue weighted by atomic mass is 10.1. The molecule has 0 bridgehead atoms. The van der Waals surface area contributed by atoms with Gasteiger partial charge >= 0.3 is 0 Å². The van der Waals surface area contributed by atoms with Gasteiger partial charge in [-0.05, 0) is 20.3 Å². The molecule has 0 amide bonds. The molecule has 0 aliphatic carbocycles. The van der Waals surface area contributed by atoms with Crippen LogP contribution in [0.3, 0.4) is 0 Å². The van der Waals surface area contributed by atoms with E-state index in [-0.39, 0.29) is 5.54 Å². The normalized spacial score (nSPS) is 11.6. The number of halogens is 1. The number of anilines is 1. The van der Waals surface area contributed by atoms with Crippen molar-refractivity contribution in [2.45, 2.75) is 39.2 Å². The fraction of sp³-hybridized carbons (Fsp3) is 0.667. The van der Waals surface area contributed by atoms with Crippen molar-refractivity contribution in [2.75, 3.05) is 17.3 Å². The van der Waals surface area contributed by atoms with Crippen LogP contribution in [0.2, 0.25) is 0 Å². The Morgan fingerprint density at radius 2 is 2.06 bits per heavy atom. The van der Waals surface area contributed by atoms with Crippen molar-refractivity contribution in [3.63, 3.8) is 0 Å². The minimum absolute atomic E-state index is 0.0534. The van der Waals surface area contributed by atoms with Gasteiger partial charge in [-0.1, -0.05) is 29.3 Å². The Kier molecular flexibility index (Phi) is 4.71. The van der Waals surface area contributed by atoms with Crippen molar-refractivity contribution in [2.24, 2.45) is 0 Å². The first-order valence-electron chi connectivity index (χ1n) is 5.62. The van der Waals surface area contributed by atoms with Gasteiger partial charge in [0, 0.05) is 29.7 Å². The third-order valence-corrected chi connectivity index (χ3v) is 4.17. The Morgan fingerprint density at radius 1 is 1.38 bits per heavy atom. The Labute approximate surface area is 106 Å². The highest BCUT2D eigenvalue weighted by molar-refractivity contribution is 9.09. The number of hydrogen-bond acceptors (Lipinski definition) is 3. The monoisotopic (exact) mass is 285 g/mol. The second kappa shape index (κ2) is 5.62. The van der Waals surface area contributed by atoms with Gasteiger partial charge in [0.1, 0.15) is 12.1 Å². The summed E-state index contributed by atoms with van der Waals surface area (Å²) in [6, 6.07) is 2.08. The molecule has 1 heterocycles. The van der Waals surface area contributed by atoms with E-state index in [2.05, 4.69) is 64.7 Å². The van der Waals surface area contributed by atoms with Gasteiger partial charge < -0.3 is 4.90 Å². The van der Waals surface area contributed by atoms with Crippen LogP contribution in [-0.4, -0.2) is 27.9 Å². The van der Waals surface area contributed by atoms with Crippen LogP contribution in [0.4, 0.5) is 5.82 Å². The summed E-state index contributed by atoms with van der Waals surface area (Å²) in [4.78, 5) is 10.8. The summed E-state index contributed by atoms with van der Waals surface area (Å²) in [5.74, 6) is 0.989. The summed E-state index contributed by atoms with van der Waals surface area (Å²) in [5, 5.41) is 0.906. The van der Waals surface area contributed by atoms with E-state index in [4.69, 9.17) is 0 Å². The summed E-state index contributed by atoms with van der Waals surface area (Å²) in [5.41, 5.74) is 1.17. The van der Waals surface area contributed by atoms with Crippen molar-refractivity contribution in [1.29, 1.82) is 0 Å². The average Bonchev–Trinajstić information content (AvgIpc) is 2.29. The number of rotatable bonds is 5. The maximum Gasteiger partial charge on any atom is 0.132 e. The topological polar surface area (TPSA) is 29.0 Å². The van der Waals surface area contributed by atoms with Gasteiger partial charge in [0.2, 0.25) is 0 Å². The molecule has 0 saturated heterocycles. The van der Waals surface area contributed by atoms with Gasteiger partial charge in [-0.15, -0.1) is 0 Å². The van der Waals surface area contributed by atoms with Crippen LogP contribution in [-0.2, 0) is 6.42 Å². The minimum atomic E-state index is 0.0534. The summed E-state index contributed by atoms with van der Waals surface area (Å²) in [6.07, 6.45) is 3.78. The number of aromatic nitrogens is 2. The molecule has 90 valence electrons. The van der Waals surface area contributed by atoms with Gasteiger partial charge in [0.05, 0.1) is 0 Å². The van der Waals surface area contributed by atoms with Gasteiger partial charge in [-0.3, -0.25) is 0 Å². The predicted octanol–water partition coefficient (Wildman–Crippen LogP) is 3.04. The van der Waals surface area contributed by atoms with E-state index in [1.807, 2.05) is 0 Å². The molecule has 0 aliphatic rings. The fourth-order valence-electron chi connectivity index (χ4n) is 1.36. The van der Waals surface area contributed by atoms with E-state index < -0.39 is 0 Å². The third-order valence-electron chi connectivity index (χ3n) is 2.79. The molecule has 0 spiro atoms. The van der Waals surface area contributed by atoms with E-state index in [0.29, 0.717) is 0 Å². The highest BCUT2D eigenvalue weighted by Crippen LogP contribution is 2.22. The quantitative estimate of drug-likeness (QED) is 0.779. The highest BCUT2D eigenvalue weighted by atomic mass is 79.9. The molecule has 0 aromatic carbocycles. The van der Waals surface area contributed by atoms with Crippen molar-refractivity contribution in [3.05, 3.63) is 18.1 Å². The van der Waals surface area contributed by atoms with Gasteiger partial charge in [0.25, 0.3) is 0 Å². The summed E-state index contributed by atoms with van der Waals surface area (Å²) < 4.78 is 0. The van der Waals surface area contributed by atoms with Crippen LogP contribution in [0.1, 0.15) is 32.9 Å². The fourth-order valence-corrected chi connectivity index (χ4v) is 1.74. The smallest absolute Gasteiger partial charge is 0.132 e. The van der Waals surface area contributed by atoms with Crippen molar-refractivity contribution < 1.29 is 0 Å². The highest BCUT2D eigenvalue weighted by Gasteiger charge is 2.23. The summed E-state index contributed by atoms with van der Waals surface area (Å²) in [6.45, 7) is 6.53. The second-order valence-corrected chi connectivity index (χ2v) is 5.18. The first-order chi connectivity index (χ1) is 7.51. The molecular weight excluding hydrogens is 266 g/mol. The lowest BCUT2D eigenvalue weighted by Gasteiger charge is -2.35. The molecule has 1 aromatic heterocycles. The molecule has 0 aliphatic heterocycles. The number of nitrogens with zero attached hydrogens (tertiary/aromatic N) is 3. The van der Waals surface area contributed by atoms with Crippen LogP contribution in [0, 0.1) is 0 Å². The average molecular weight is 286 g/mol. The van der Waals surface area contributed by atoms with Gasteiger partial charge in [-0.2, -0.15) is 0 Å². The molecule has 0 radical (unpaired) electrons. The van der Waals surface area contributed by atoms with Crippen molar-refractivity contribution >= 4 is 21.7 Å². The first kappa shape index (κ1) is 13.4. The van der Waals surface area contributed by atoms with Crippen LogP contribution in [0.5, 0.6) is 0 Å². The maximum absolute atomic E-state index is 4.33. The Hall–Kier alpha value is -0.640. The largest absolute Gasteiger partial charge is 0.354 e. The van der Waals surface area contributed by atoms with E-state index in [0.717, 1.165) is 29.7 Å². The molecule has 0 fully saturated rings. The Balaban J connectivity index is 2.91. The zero-order chi connectivity index (χ0) is 12.2. The molecule has 1 rings (SSSR count). The molecule has 1 aromatic rings. The van der Waals surface area contributed by atoms with E-state index in [9.17, 15) is 0 Å². The lowest BCUT2D eigenvalue weighted by Crippen LogP contribution is -2.43. The molecule has 3 nitrogen and oxygen atoms in total. The molecular formula is C12H20BrN3. The second-order valence-electron chi connectivity index (χ2n) is 4.62. The molecule has 4 heteroatoms. The first-order valence-corrected chi connectivity index (χ1v) is 6.74. The summed E-state index contributed by atoms with van der Waals surface area (Å²) >= 11 is 3.53. The minimum Gasteiger partial charge on any atom is -0.354 e. The molecule has 0 unspecified atom stereocenters. The zero-order valence-electron chi connectivity index (χ0n) is 10.5. The molecule has 16 heavy (non-hydrogen) atoms. The van der Waals surface area contributed by atoms with E-state index in [1.165, 1.54) is 0 Å². The Bertz CT molecular complexity index is 339. The van der Waals surface area contributed by atoms with E-state index >= 15 is 0 Å². The lowest BCUT2D eigenvalue weighted by molar-refractivity contribution is 0.546. The number of alkyl halides is 1. The van der Waals surface area contributed by atoms with E-state index in [1.54, 1.807) is 6.33 Å². The Morgan fingerprint density at radius 3 is 2.62 bits per heavy atom. The van der Waals surface area contributed by atoms with Crippen LogP contribution < -0.4 is 4.90 Å². The van der Waals surface area contributed by atoms with Crippen molar-refractivity contribution in [3.8, 4) is 0 Å².